The molecule has 0 spiro atoms. The van der Waals surface area contributed by atoms with Crippen molar-refractivity contribution in [1.82, 2.24) is 15.2 Å². The highest BCUT2D eigenvalue weighted by molar-refractivity contribution is 7.13. The molecular formula is C33H38F4N6S. The van der Waals surface area contributed by atoms with Crippen LogP contribution >= 0.6 is 11.3 Å². The van der Waals surface area contributed by atoms with E-state index in [9.17, 15) is 17.6 Å². The minimum atomic E-state index is -4.45. The average Bonchev–Trinajstić information content (AvgIpc) is 3.32. The zero-order valence-corrected chi connectivity index (χ0v) is 25.9. The van der Waals surface area contributed by atoms with E-state index in [1.165, 1.54) is 35.1 Å². The van der Waals surface area contributed by atoms with Crippen LogP contribution in [0.2, 0.25) is 0 Å². The molecule has 1 aromatic carbocycles. The molecule has 0 radical (unpaired) electrons. The predicted octanol–water partition coefficient (Wildman–Crippen LogP) is 7.58. The van der Waals surface area contributed by atoms with E-state index < -0.39 is 18.9 Å². The van der Waals surface area contributed by atoms with Gasteiger partial charge in [-0.25, -0.2) is 9.38 Å². The summed E-state index contributed by atoms with van der Waals surface area (Å²) in [6.45, 7) is 8.56. The molecule has 3 aliphatic rings. The standard InChI is InChI=1S/C33H38F4N6S/c1-4-11-32(12-13-32)30-9-8-29(44-30)21(3)39-16-22-17-40-31(41-22)28-15-23-26(42-25-10-14-38-18-24(34)20(25)2)6-5-7-27(23)43(28)19-33(35,36)37/h5-9,15,24,38-39,42H,3-4,10-14,16-19H2,1-2H3. The molecule has 44 heavy (non-hydrogen) atoms. The zero-order valence-electron chi connectivity index (χ0n) is 25.1. The van der Waals surface area contributed by atoms with E-state index in [2.05, 4.69) is 51.6 Å². The van der Waals surface area contributed by atoms with Crippen LogP contribution in [-0.4, -0.2) is 54.6 Å². The first-order valence-corrected chi connectivity index (χ1v) is 16.0. The summed E-state index contributed by atoms with van der Waals surface area (Å²) in [6.07, 6.45) is -0.126. The number of amidine groups is 1. The van der Waals surface area contributed by atoms with Crippen LogP contribution in [0.1, 0.15) is 61.4 Å². The second-order valence-corrected chi connectivity index (χ2v) is 13.1. The first-order chi connectivity index (χ1) is 21.1. The number of aromatic nitrogens is 1. The van der Waals surface area contributed by atoms with E-state index in [1.807, 2.05) is 0 Å². The van der Waals surface area contributed by atoms with Gasteiger partial charge in [0.05, 0.1) is 30.0 Å². The van der Waals surface area contributed by atoms with Gasteiger partial charge >= 0.3 is 6.18 Å². The van der Waals surface area contributed by atoms with Crippen LogP contribution in [0.15, 0.2) is 64.2 Å². The second kappa shape index (κ2) is 12.2. The quantitative estimate of drug-likeness (QED) is 0.192. The van der Waals surface area contributed by atoms with Crippen LogP contribution in [0.5, 0.6) is 0 Å². The number of rotatable bonds is 11. The summed E-state index contributed by atoms with van der Waals surface area (Å²) in [4.78, 5) is 11.7. The Morgan fingerprint density at radius 3 is 2.80 bits per heavy atom. The molecule has 1 unspecified atom stereocenters. The molecular weight excluding hydrogens is 588 g/mol. The van der Waals surface area contributed by atoms with Crippen LogP contribution in [-0.2, 0) is 12.0 Å². The molecule has 2 aromatic heterocycles. The third-order valence-electron chi connectivity index (χ3n) is 8.81. The molecule has 1 atom stereocenters. The smallest absolute Gasteiger partial charge is 0.379 e. The van der Waals surface area contributed by atoms with Crippen molar-refractivity contribution in [3.05, 3.63) is 69.7 Å². The topological polar surface area (TPSA) is 65.7 Å². The van der Waals surface area contributed by atoms with E-state index >= 15 is 0 Å². The van der Waals surface area contributed by atoms with Crippen molar-refractivity contribution >= 4 is 45.2 Å². The molecule has 3 N–H and O–H groups in total. The van der Waals surface area contributed by atoms with Gasteiger partial charge in [-0.2, -0.15) is 13.2 Å². The Labute approximate surface area is 259 Å². The molecule has 1 saturated carbocycles. The predicted molar refractivity (Wildman–Crippen MR) is 173 cm³/mol. The van der Waals surface area contributed by atoms with Crippen LogP contribution < -0.4 is 16.0 Å². The summed E-state index contributed by atoms with van der Waals surface area (Å²) in [7, 11) is 0. The summed E-state index contributed by atoms with van der Waals surface area (Å²) >= 11 is 1.78. The lowest BCUT2D eigenvalue weighted by molar-refractivity contribution is -0.139. The normalized spacial score (nSPS) is 20.0. The van der Waals surface area contributed by atoms with Gasteiger partial charge < -0.3 is 20.5 Å². The summed E-state index contributed by atoms with van der Waals surface area (Å²) in [5, 5.41) is 10.4. The molecule has 3 aromatic rings. The first kappa shape index (κ1) is 30.6. The van der Waals surface area contributed by atoms with E-state index in [1.54, 1.807) is 42.5 Å². The fourth-order valence-corrected chi connectivity index (χ4v) is 7.41. The van der Waals surface area contributed by atoms with Crippen molar-refractivity contribution in [2.45, 2.75) is 70.3 Å². The number of fused-ring (bicyclic) bond motifs is 1. The summed E-state index contributed by atoms with van der Waals surface area (Å²) in [5.41, 5.74) is 4.54. The largest absolute Gasteiger partial charge is 0.406 e. The highest BCUT2D eigenvalue weighted by Crippen LogP contribution is 2.54. The van der Waals surface area contributed by atoms with Crippen LogP contribution in [0.4, 0.5) is 23.2 Å². The number of hydrogen-bond donors (Lipinski definition) is 3. The maximum Gasteiger partial charge on any atom is 0.406 e. The van der Waals surface area contributed by atoms with Gasteiger partial charge in [-0.05, 0) is 68.5 Å². The highest BCUT2D eigenvalue weighted by atomic mass is 32.1. The van der Waals surface area contributed by atoms with Crippen molar-refractivity contribution in [1.29, 1.82) is 0 Å². The fourth-order valence-electron chi connectivity index (χ4n) is 6.18. The molecule has 0 amide bonds. The average molecular weight is 627 g/mol. The maximum absolute atomic E-state index is 14.6. The number of alkyl halides is 4. The van der Waals surface area contributed by atoms with Crippen molar-refractivity contribution in [3.8, 4) is 0 Å². The summed E-state index contributed by atoms with van der Waals surface area (Å²) in [5.74, 6) is 0.269. The fraction of sp³-hybridized carbons (Fsp3) is 0.455. The minimum absolute atomic E-state index is 0.240. The third-order valence-corrected chi connectivity index (χ3v) is 10.2. The van der Waals surface area contributed by atoms with Gasteiger partial charge in [0, 0.05) is 50.7 Å². The number of benzene rings is 1. The monoisotopic (exact) mass is 626 g/mol. The number of hydrogen-bond acceptors (Lipinski definition) is 6. The van der Waals surface area contributed by atoms with E-state index in [0.717, 1.165) is 22.0 Å². The van der Waals surface area contributed by atoms with Crippen LogP contribution in [0, 0.1) is 0 Å². The van der Waals surface area contributed by atoms with Gasteiger partial charge in [-0.15, -0.1) is 11.3 Å². The molecule has 1 fully saturated rings. The molecule has 11 heteroatoms. The third kappa shape index (κ3) is 6.35. The number of nitrogens with zero attached hydrogens (tertiary/aromatic N) is 3. The SMILES string of the molecule is C=C(NCC1=NC(c2cc3c(NC4=C(C)C(F)CNCC4)cccc3n2CC(F)(F)F)=NC1)c1ccc(C2(CCC)CC2)s1. The lowest BCUT2D eigenvalue weighted by Gasteiger charge is -2.15. The maximum atomic E-state index is 14.6. The highest BCUT2D eigenvalue weighted by Gasteiger charge is 2.44. The Morgan fingerprint density at radius 2 is 2.05 bits per heavy atom. The zero-order chi connectivity index (χ0) is 31.1. The second-order valence-electron chi connectivity index (χ2n) is 12.0. The Bertz CT molecular complexity index is 1660. The number of halogens is 4. The Kier molecular flexibility index (Phi) is 8.45. The lowest BCUT2D eigenvalue weighted by atomic mass is 9.99. The van der Waals surface area contributed by atoms with Crippen LogP contribution in [0.25, 0.3) is 16.6 Å². The Morgan fingerprint density at radius 1 is 1.23 bits per heavy atom. The molecule has 0 bridgehead atoms. The summed E-state index contributed by atoms with van der Waals surface area (Å²) < 4.78 is 57.2. The first-order valence-electron chi connectivity index (χ1n) is 15.2. The van der Waals surface area contributed by atoms with Crippen molar-refractivity contribution in [2.24, 2.45) is 9.98 Å². The molecule has 6 rings (SSSR count). The molecule has 0 saturated heterocycles. The van der Waals surface area contributed by atoms with Crippen LogP contribution in [0.3, 0.4) is 0 Å². The van der Waals surface area contributed by atoms with Gasteiger partial charge in [-0.1, -0.05) is 26.0 Å². The molecule has 6 nitrogen and oxygen atoms in total. The molecule has 234 valence electrons. The van der Waals surface area contributed by atoms with Crippen molar-refractivity contribution < 1.29 is 17.6 Å². The van der Waals surface area contributed by atoms with Gasteiger partial charge in [0.2, 0.25) is 0 Å². The van der Waals surface area contributed by atoms with E-state index in [0.29, 0.717) is 59.3 Å². The number of anilines is 1. The minimum Gasteiger partial charge on any atom is -0.379 e. The molecule has 4 heterocycles. The van der Waals surface area contributed by atoms with Gasteiger partial charge in [-0.3, -0.25) is 4.99 Å². The lowest BCUT2D eigenvalue weighted by Crippen LogP contribution is -2.22. The number of nitrogens with one attached hydrogen (secondary N) is 3. The summed E-state index contributed by atoms with van der Waals surface area (Å²) in [6, 6.07) is 11.2. The van der Waals surface area contributed by atoms with E-state index in [-0.39, 0.29) is 12.4 Å². The molecule has 1 aliphatic carbocycles. The van der Waals surface area contributed by atoms with Gasteiger partial charge in [0.25, 0.3) is 0 Å². The van der Waals surface area contributed by atoms with Crippen molar-refractivity contribution in [3.63, 3.8) is 0 Å². The Balaban J connectivity index is 1.23. The molecule has 2 aliphatic heterocycles. The number of thiophene rings is 1. The van der Waals surface area contributed by atoms with Gasteiger partial charge in [0.15, 0.2) is 5.84 Å². The van der Waals surface area contributed by atoms with E-state index in [4.69, 9.17) is 0 Å². The number of aliphatic imine (C=N–C) groups is 2. The van der Waals surface area contributed by atoms with Gasteiger partial charge in [0.1, 0.15) is 12.7 Å². The Hall–Kier alpha value is -3.44. The van der Waals surface area contributed by atoms with Crippen molar-refractivity contribution in [2.75, 3.05) is 31.5 Å².